The van der Waals surface area contributed by atoms with Crippen molar-refractivity contribution in [3.8, 4) is 23.8 Å². The average Bonchev–Trinajstić information content (AvgIpc) is 2.30. The molecule has 1 rings (SSSR count). The molecule has 0 saturated heterocycles. The third kappa shape index (κ3) is 2.23. The minimum Gasteiger partial charge on any atom is -0.496 e. The summed E-state index contributed by atoms with van der Waals surface area (Å²) in [4.78, 5) is 0. The van der Waals surface area contributed by atoms with Crippen molar-refractivity contribution in [2.24, 2.45) is 0 Å². The first-order valence-corrected chi connectivity index (χ1v) is 4.62. The molecule has 0 spiro atoms. The minimum absolute atomic E-state index is 0.212. The normalized spacial score (nSPS) is 11.6. The largest absolute Gasteiger partial charge is 0.496 e. The van der Waals surface area contributed by atoms with Crippen LogP contribution in [0.4, 0.5) is 0 Å². The Morgan fingerprint density at radius 3 is 2.13 bits per heavy atom. The van der Waals surface area contributed by atoms with Gasteiger partial charge in [-0.2, -0.15) is 0 Å². The Balaban J connectivity index is 3.28. The van der Waals surface area contributed by atoms with E-state index in [1.807, 2.05) is 18.2 Å². The second-order valence-electron chi connectivity index (χ2n) is 2.96. The monoisotopic (exact) mass is 205 g/mol. The van der Waals surface area contributed by atoms with Gasteiger partial charge < -0.3 is 14.8 Å². The Bertz CT molecular complexity index is 346. The van der Waals surface area contributed by atoms with Gasteiger partial charge >= 0.3 is 0 Å². The lowest BCUT2D eigenvalue weighted by Gasteiger charge is -2.17. The second-order valence-corrected chi connectivity index (χ2v) is 2.96. The molecule has 0 aliphatic rings. The SMILES string of the molecule is C#CC(NC)c1c(OC)cccc1OC. The summed E-state index contributed by atoms with van der Waals surface area (Å²) in [6.07, 6.45) is 5.44. The van der Waals surface area contributed by atoms with Gasteiger partial charge in [0.2, 0.25) is 0 Å². The molecule has 0 amide bonds. The van der Waals surface area contributed by atoms with Crippen LogP contribution in [-0.4, -0.2) is 21.3 Å². The van der Waals surface area contributed by atoms with E-state index in [1.165, 1.54) is 0 Å². The molecule has 0 aliphatic heterocycles. The standard InChI is InChI=1S/C12H15NO2/c1-5-9(13-2)12-10(14-3)7-6-8-11(12)15-4/h1,6-9,13H,2-4H3. The number of methoxy groups -OCH3 is 2. The molecule has 15 heavy (non-hydrogen) atoms. The number of nitrogens with one attached hydrogen (secondary N) is 1. The predicted octanol–water partition coefficient (Wildman–Crippen LogP) is 1.60. The lowest BCUT2D eigenvalue weighted by molar-refractivity contribution is 0.380. The summed E-state index contributed by atoms with van der Waals surface area (Å²) >= 11 is 0. The van der Waals surface area contributed by atoms with Gasteiger partial charge in [0.1, 0.15) is 17.5 Å². The van der Waals surface area contributed by atoms with E-state index in [-0.39, 0.29) is 6.04 Å². The molecule has 1 aromatic rings. The Kier molecular flexibility index (Phi) is 4.02. The fourth-order valence-electron chi connectivity index (χ4n) is 1.48. The van der Waals surface area contributed by atoms with Crippen LogP contribution in [0.1, 0.15) is 11.6 Å². The molecule has 1 N–H and O–H groups in total. The van der Waals surface area contributed by atoms with Gasteiger partial charge in [-0.05, 0) is 19.2 Å². The molecule has 1 unspecified atom stereocenters. The summed E-state index contributed by atoms with van der Waals surface area (Å²) < 4.78 is 10.5. The fourth-order valence-corrected chi connectivity index (χ4v) is 1.48. The van der Waals surface area contributed by atoms with Crippen LogP contribution in [0.25, 0.3) is 0 Å². The third-order valence-electron chi connectivity index (χ3n) is 2.21. The van der Waals surface area contributed by atoms with E-state index in [4.69, 9.17) is 15.9 Å². The molecule has 1 aromatic carbocycles. The molecule has 3 nitrogen and oxygen atoms in total. The molecule has 0 aromatic heterocycles. The topological polar surface area (TPSA) is 30.5 Å². The van der Waals surface area contributed by atoms with Gasteiger partial charge in [-0.25, -0.2) is 0 Å². The highest BCUT2D eigenvalue weighted by Gasteiger charge is 2.16. The quantitative estimate of drug-likeness (QED) is 0.757. The van der Waals surface area contributed by atoms with Gasteiger partial charge in [0.05, 0.1) is 19.8 Å². The zero-order valence-electron chi connectivity index (χ0n) is 9.20. The van der Waals surface area contributed by atoms with Crippen molar-refractivity contribution in [3.63, 3.8) is 0 Å². The van der Waals surface area contributed by atoms with E-state index < -0.39 is 0 Å². The van der Waals surface area contributed by atoms with Crippen LogP contribution in [0.3, 0.4) is 0 Å². The van der Waals surface area contributed by atoms with E-state index >= 15 is 0 Å². The Hall–Kier alpha value is -1.66. The van der Waals surface area contributed by atoms with Crippen molar-refractivity contribution in [3.05, 3.63) is 23.8 Å². The highest BCUT2D eigenvalue weighted by molar-refractivity contribution is 5.49. The van der Waals surface area contributed by atoms with Crippen LogP contribution < -0.4 is 14.8 Å². The smallest absolute Gasteiger partial charge is 0.128 e. The molecule has 0 heterocycles. The first-order chi connectivity index (χ1) is 7.28. The van der Waals surface area contributed by atoms with Gasteiger partial charge in [0.15, 0.2) is 0 Å². The van der Waals surface area contributed by atoms with Crippen LogP contribution in [0.2, 0.25) is 0 Å². The molecule has 0 bridgehead atoms. The molecule has 1 atom stereocenters. The average molecular weight is 205 g/mol. The van der Waals surface area contributed by atoms with Crippen LogP contribution in [0.5, 0.6) is 11.5 Å². The van der Waals surface area contributed by atoms with Crippen LogP contribution >= 0.6 is 0 Å². The van der Waals surface area contributed by atoms with Gasteiger partial charge in [-0.3, -0.25) is 0 Å². The zero-order valence-corrected chi connectivity index (χ0v) is 9.20. The molecule has 0 saturated carbocycles. The van der Waals surface area contributed by atoms with Crippen LogP contribution in [0.15, 0.2) is 18.2 Å². The summed E-state index contributed by atoms with van der Waals surface area (Å²) in [5.74, 6) is 4.10. The van der Waals surface area contributed by atoms with Crippen LogP contribution in [-0.2, 0) is 0 Å². The molecule has 80 valence electrons. The molecule has 0 aliphatic carbocycles. The van der Waals surface area contributed by atoms with Crippen LogP contribution in [0, 0.1) is 12.3 Å². The summed E-state index contributed by atoms with van der Waals surface area (Å²) in [6.45, 7) is 0. The maximum atomic E-state index is 5.44. The fraction of sp³-hybridized carbons (Fsp3) is 0.333. The highest BCUT2D eigenvalue weighted by Crippen LogP contribution is 2.33. The summed E-state index contributed by atoms with van der Waals surface area (Å²) in [5.41, 5.74) is 0.854. The van der Waals surface area contributed by atoms with E-state index in [1.54, 1.807) is 21.3 Å². The van der Waals surface area contributed by atoms with Gasteiger partial charge in [0.25, 0.3) is 0 Å². The maximum absolute atomic E-state index is 5.44. The molecule has 3 heteroatoms. The van der Waals surface area contributed by atoms with E-state index in [0.29, 0.717) is 0 Å². The zero-order chi connectivity index (χ0) is 11.3. The summed E-state index contributed by atoms with van der Waals surface area (Å²) in [6, 6.07) is 5.37. The van der Waals surface area contributed by atoms with Crippen molar-refractivity contribution < 1.29 is 9.47 Å². The summed E-state index contributed by atoms with van der Waals surface area (Å²) in [5, 5.41) is 3.02. The van der Waals surface area contributed by atoms with Crippen molar-refractivity contribution in [1.82, 2.24) is 5.32 Å². The Morgan fingerprint density at radius 1 is 1.27 bits per heavy atom. The van der Waals surface area contributed by atoms with Gasteiger partial charge in [0, 0.05) is 0 Å². The first kappa shape index (κ1) is 11.4. The van der Waals surface area contributed by atoms with Crippen molar-refractivity contribution in [1.29, 1.82) is 0 Å². The number of rotatable bonds is 4. The predicted molar refractivity (Wildman–Crippen MR) is 60.2 cm³/mol. The van der Waals surface area contributed by atoms with Crippen molar-refractivity contribution in [2.75, 3.05) is 21.3 Å². The van der Waals surface area contributed by atoms with Crippen molar-refractivity contribution in [2.45, 2.75) is 6.04 Å². The highest BCUT2D eigenvalue weighted by atomic mass is 16.5. The Morgan fingerprint density at radius 2 is 1.80 bits per heavy atom. The lowest BCUT2D eigenvalue weighted by Crippen LogP contribution is -2.16. The minimum atomic E-state index is -0.212. The number of hydrogen-bond acceptors (Lipinski definition) is 3. The van der Waals surface area contributed by atoms with E-state index in [2.05, 4.69) is 11.2 Å². The Labute approximate surface area is 90.4 Å². The first-order valence-electron chi connectivity index (χ1n) is 4.62. The number of ether oxygens (including phenoxy) is 2. The van der Waals surface area contributed by atoms with Gasteiger partial charge in [-0.15, -0.1) is 6.42 Å². The number of terminal acetylenes is 1. The lowest BCUT2D eigenvalue weighted by atomic mass is 10.1. The number of benzene rings is 1. The molecule has 0 radical (unpaired) electrons. The molecule has 0 fully saturated rings. The number of hydrogen-bond donors (Lipinski definition) is 1. The maximum Gasteiger partial charge on any atom is 0.128 e. The van der Waals surface area contributed by atoms with E-state index in [0.717, 1.165) is 17.1 Å². The molecular weight excluding hydrogens is 190 g/mol. The summed E-state index contributed by atoms with van der Waals surface area (Å²) in [7, 11) is 5.03. The van der Waals surface area contributed by atoms with Gasteiger partial charge in [-0.1, -0.05) is 12.0 Å². The second kappa shape index (κ2) is 5.28. The molecular formula is C12H15NO2. The van der Waals surface area contributed by atoms with Crippen molar-refractivity contribution >= 4 is 0 Å². The van der Waals surface area contributed by atoms with E-state index in [9.17, 15) is 0 Å². The third-order valence-corrected chi connectivity index (χ3v) is 2.21.